The molecule has 0 aliphatic carbocycles. The SMILES string of the molecule is N#CCCN(Cc1ccccc1)Cc1c[nH]c2cnc(OCc3ccccc3)cc12. The minimum absolute atomic E-state index is 0.488. The zero-order valence-corrected chi connectivity index (χ0v) is 16.8. The Morgan fingerprint density at radius 2 is 1.70 bits per heavy atom. The standard InChI is InChI=1S/C25H24N4O/c26-12-7-13-29(17-20-8-3-1-4-9-20)18-22-15-27-24-16-28-25(14-23(22)24)30-19-21-10-5-2-6-11-21/h1-6,8-11,14-16,27H,7,13,17-19H2. The molecule has 2 aromatic carbocycles. The van der Waals surface area contributed by atoms with Crippen molar-refractivity contribution in [2.24, 2.45) is 0 Å². The van der Waals surface area contributed by atoms with E-state index in [1.165, 1.54) is 11.1 Å². The summed E-state index contributed by atoms with van der Waals surface area (Å²) >= 11 is 0. The van der Waals surface area contributed by atoms with Gasteiger partial charge in [0, 0.05) is 43.7 Å². The number of aromatic amines is 1. The monoisotopic (exact) mass is 396 g/mol. The molecule has 0 radical (unpaired) electrons. The maximum atomic E-state index is 9.06. The fourth-order valence-corrected chi connectivity index (χ4v) is 3.51. The largest absolute Gasteiger partial charge is 0.473 e. The predicted octanol–water partition coefficient (Wildman–Crippen LogP) is 5.06. The normalized spacial score (nSPS) is 10.9. The number of nitrogens with one attached hydrogen (secondary N) is 1. The second kappa shape index (κ2) is 9.73. The molecule has 2 aromatic heterocycles. The molecular weight excluding hydrogens is 372 g/mol. The highest BCUT2D eigenvalue weighted by Gasteiger charge is 2.12. The highest BCUT2D eigenvalue weighted by Crippen LogP contribution is 2.24. The summed E-state index contributed by atoms with van der Waals surface area (Å²) < 4.78 is 5.91. The zero-order chi connectivity index (χ0) is 20.6. The molecule has 4 aromatic rings. The topological polar surface area (TPSA) is 64.9 Å². The van der Waals surface area contributed by atoms with Gasteiger partial charge in [0.2, 0.25) is 5.88 Å². The molecule has 150 valence electrons. The summed E-state index contributed by atoms with van der Waals surface area (Å²) in [5.41, 5.74) is 4.51. The van der Waals surface area contributed by atoms with E-state index in [1.54, 1.807) is 0 Å². The number of nitriles is 1. The lowest BCUT2D eigenvalue weighted by molar-refractivity contribution is 0.264. The lowest BCUT2D eigenvalue weighted by Crippen LogP contribution is -2.23. The van der Waals surface area contributed by atoms with Gasteiger partial charge in [0.05, 0.1) is 17.8 Å². The summed E-state index contributed by atoms with van der Waals surface area (Å²) in [6.07, 6.45) is 4.34. The molecule has 4 rings (SSSR count). The summed E-state index contributed by atoms with van der Waals surface area (Å²) in [5, 5.41) is 10.2. The molecule has 0 fully saturated rings. The molecule has 0 spiro atoms. The maximum absolute atomic E-state index is 9.06. The Morgan fingerprint density at radius 3 is 2.43 bits per heavy atom. The molecule has 5 nitrogen and oxygen atoms in total. The van der Waals surface area contributed by atoms with E-state index in [4.69, 9.17) is 10.00 Å². The number of fused-ring (bicyclic) bond motifs is 1. The third-order valence-electron chi connectivity index (χ3n) is 5.04. The molecule has 0 aliphatic rings. The molecule has 1 N–H and O–H groups in total. The van der Waals surface area contributed by atoms with Crippen molar-refractivity contribution in [3.8, 4) is 11.9 Å². The number of hydrogen-bond acceptors (Lipinski definition) is 4. The van der Waals surface area contributed by atoms with Gasteiger partial charge in [-0.1, -0.05) is 60.7 Å². The molecule has 0 bridgehead atoms. The highest BCUT2D eigenvalue weighted by molar-refractivity contribution is 5.83. The molecule has 5 heteroatoms. The van der Waals surface area contributed by atoms with Gasteiger partial charge in [0.25, 0.3) is 0 Å². The van der Waals surface area contributed by atoms with Gasteiger partial charge in [0.1, 0.15) is 6.61 Å². The molecular formula is C25H24N4O. The van der Waals surface area contributed by atoms with Crippen LogP contribution in [0.1, 0.15) is 23.1 Å². The van der Waals surface area contributed by atoms with E-state index in [0.717, 1.165) is 36.1 Å². The average Bonchev–Trinajstić information content (AvgIpc) is 3.19. The van der Waals surface area contributed by atoms with Crippen LogP contribution in [0.25, 0.3) is 10.9 Å². The van der Waals surface area contributed by atoms with Crippen molar-refractivity contribution in [2.45, 2.75) is 26.1 Å². The van der Waals surface area contributed by atoms with E-state index < -0.39 is 0 Å². The van der Waals surface area contributed by atoms with Gasteiger partial charge in [-0.2, -0.15) is 5.26 Å². The van der Waals surface area contributed by atoms with E-state index in [9.17, 15) is 0 Å². The van der Waals surface area contributed by atoms with Crippen LogP contribution in [0.15, 0.2) is 79.1 Å². The van der Waals surface area contributed by atoms with Crippen LogP contribution in [0.2, 0.25) is 0 Å². The van der Waals surface area contributed by atoms with Crippen LogP contribution in [0.5, 0.6) is 5.88 Å². The van der Waals surface area contributed by atoms with Crippen LogP contribution in [-0.2, 0) is 19.7 Å². The number of pyridine rings is 1. The first-order valence-corrected chi connectivity index (χ1v) is 10.1. The van der Waals surface area contributed by atoms with E-state index in [2.05, 4.69) is 33.1 Å². The van der Waals surface area contributed by atoms with Crippen molar-refractivity contribution in [3.05, 3.63) is 95.8 Å². The number of rotatable bonds is 9. The van der Waals surface area contributed by atoms with Gasteiger partial charge < -0.3 is 9.72 Å². The fourth-order valence-electron chi connectivity index (χ4n) is 3.51. The van der Waals surface area contributed by atoms with E-state index in [1.807, 2.05) is 67.0 Å². The molecule has 30 heavy (non-hydrogen) atoms. The fraction of sp³-hybridized carbons (Fsp3) is 0.200. The number of hydrogen-bond donors (Lipinski definition) is 1. The number of benzene rings is 2. The quantitative estimate of drug-likeness (QED) is 0.430. The second-order valence-corrected chi connectivity index (χ2v) is 7.26. The second-order valence-electron chi connectivity index (χ2n) is 7.26. The summed E-state index contributed by atoms with van der Waals surface area (Å²) in [5.74, 6) is 0.610. The molecule has 0 amide bonds. The minimum Gasteiger partial charge on any atom is -0.473 e. The van der Waals surface area contributed by atoms with Crippen LogP contribution >= 0.6 is 0 Å². The average molecular weight is 396 g/mol. The smallest absolute Gasteiger partial charge is 0.214 e. The van der Waals surface area contributed by atoms with Crippen molar-refractivity contribution in [2.75, 3.05) is 6.54 Å². The Labute approximate surface area is 176 Å². The van der Waals surface area contributed by atoms with Crippen molar-refractivity contribution in [1.29, 1.82) is 5.26 Å². The zero-order valence-electron chi connectivity index (χ0n) is 16.8. The van der Waals surface area contributed by atoms with E-state index in [0.29, 0.717) is 18.9 Å². The molecule has 0 atom stereocenters. The van der Waals surface area contributed by atoms with Gasteiger partial charge in [-0.05, 0) is 16.7 Å². The number of H-pyrrole nitrogens is 1. The lowest BCUT2D eigenvalue weighted by atomic mass is 10.1. The van der Waals surface area contributed by atoms with Crippen molar-refractivity contribution >= 4 is 10.9 Å². The van der Waals surface area contributed by atoms with Crippen LogP contribution in [0.4, 0.5) is 0 Å². The molecule has 2 heterocycles. The first-order valence-electron chi connectivity index (χ1n) is 10.1. The minimum atomic E-state index is 0.488. The number of aromatic nitrogens is 2. The Kier molecular flexibility index (Phi) is 6.38. The number of nitrogens with zero attached hydrogens (tertiary/aromatic N) is 3. The van der Waals surface area contributed by atoms with Crippen molar-refractivity contribution in [1.82, 2.24) is 14.9 Å². The molecule has 0 aliphatic heterocycles. The highest BCUT2D eigenvalue weighted by atomic mass is 16.5. The molecule has 0 saturated heterocycles. The summed E-state index contributed by atoms with van der Waals surface area (Å²) in [4.78, 5) is 10.0. The van der Waals surface area contributed by atoms with Gasteiger partial charge in [-0.3, -0.25) is 4.90 Å². The van der Waals surface area contributed by atoms with Gasteiger partial charge in [0.15, 0.2) is 0 Å². The Morgan fingerprint density at radius 1 is 0.967 bits per heavy atom. The summed E-state index contributed by atoms with van der Waals surface area (Å²) in [6.45, 7) is 2.76. The van der Waals surface area contributed by atoms with Crippen molar-refractivity contribution < 1.29 is 4.74 Å². The van der Waals surface area contributed by atoms with Gasteiger partial charge in [-0.25, -0.2) is 4.98 Å². The van der Waals surface area contributed by atoms with Crippen LogP contribution in [-0.4, -0.2) is 21.4 Å². The third kappa shape index (κ3) is 5.05. The predicted molar refractivity (Wildman–Crippen MR) is 118 cm³/mol. The number of ether oxygens (including phenoxy) is 1. The van der Waals surface area contributed by atoms with E-state index >= 15 is 0 Å². The maximum Gasteiger partial charge on any atom is 0.214 e. The molecule has 0 saturated carbocycles. The van der Waals surface area contributed by atoms with Crippen LogP contribution in [0.3, 0.4) is 0 Å². The van der Waals surface area contributed by atoms with E-state index in [-0.39, 0.29) is 0 Å². The first kappa shape index (κ1) is 19.7. The Bertz CT molecular complexity index is 1120. The first-order chi connectivity index (χ1) is 14.8. The van der Waals surface area contributed by atoms with Gasteiger partial charge >= 0.3 is 0 Å². The summed E-state index contributed by atoms with van der Waals surface area (Å²) in [7, 11) is 0. The molecule has 0 unspecified atom stereocenters. The van der Waals surface area contributed by atoms with Crippen LogP contribution < -0.4 is 4.74 Å². The Hall–Kier alpha value is -3.62. The van der Waals surface area contributed by atoms with Crippen LogP contribution in [0, 0.1) is 11.3 Å². The van der Waals surface area contributed by atoms with Gasteiger partial charge in [-0.15, -0.1) is 0 Å². The van der Waals surface area contributed by atoms with Crippen molar-refractivity contribution in [3.63, 3.8) is 0 Å². The lowest BCUT2D eigenvalue weighted by Gasteiger charge is -2.21. The Balaban J connectivity index is 1.51. The third-order valence-corrected chi connectivity index (χ3v) is 5.04. The summed E-state index contributed by atoms with van der Waals surface area (Å²) in [6, 6.07) is 24.7.